The molecule has 146 valence electrons. The van der Waals surface area contributed by atoms with Gasteiger partial charge in [0.15, 0.2) is 0 Å². The number of nitro benzene ring substituents is 1. The van der Waals surface area contributed by atoms with E-state index in [9.17, 15) is 14.9 Å². The van der Waals surface area contributed by atoms with Crippen molar-refractivity contribution in [2.75, 3.05) is 11.9 Å². The third kappa shape index (κ3) is 4.14. The number of amides is 1. The highest BCUT2D eigenvalue weighted by atomic mass is 16.6. The number of nitrogens with one attached hydrogen (secondary N) is 1. The van der Waals surface area contributed by atoms with E-state index in [4.69, 9.17) is 9.15 Å². The standard InChI is InChI=1S/C21H22N2O5/c1-4-27-16-6-7-18(19(11-16)23(25)26)22-21(24)10-15-12-28-20-8-5-14(13(2)3)9-17(15)20/h5-9,11-13H,4,10H2,1-3H3,(H,22,24). The maximum absolute atomic E-state index is 12.5. The van der Waals surface area contributed by atoms with E-state index in [1.54, 1.807) is 19.3 Å². The summed E-state index contributed by atoms with van der Waals surface area (Å²) in [5.74, 6) is 0.381. The molecular formula is C21H22N2O5. The van der Waals surface area contributed by atoms with Gasteiger partial charge in [0.2, 0.25) is 5.91 Å². The van der Waals surface area contributed by atoms with Crippen LogP contribution < -0.4 is 10.1 Å². The second-order valence-corrected chi connectivity index (χ2v) is 6.77. The lowest BCUT2D eigenvalue weighted by Crippen LogP contribution is -2.15. The van der Waals surface area contributed by atoms with Crippen LogP contribution >= 0.6 is 0 Å². The molecule has 3 rings (SSSR count). The van der Waals surface area contributed by atoms with Crippen LogP contribution in [0.5, 0.6) is 5.75 Å². The van der Waals surface area contributed by atoms with Crippen LogP contribution in [0.15, 0.2) is 47.1 Å². The molecule has 3 aromatic rings. The number of nitrogens with zero attached hydrogens (tertiary/aromatic N) is 1. The van der Waals surface area contributed by atoms with Crippen LogP contribution in [0.3, 0.4) is 0 Å². The fourth-order valence-electron chi connectivity index (χ4n) is 2.99. The van der Waals surface area contributed by atoms with Crippen molar-refractivity contribution in [2.24, 2.45) is 0 Å². The van der Waals surface area contributed by atoms with Gasteiger partial charge >= 0.3 is 0 Å². The molecule has 28 heavy (non-hydrogen) atoms. The van der Waals surface area contributed by atoms with Crippen molar-refractivity contribution in [1.82, 2.24) is 0 Å². The third-order valence-corrected chi connectivity index (χ3v) is 4.45. The molecule has 0 bridgehead atoms. The van der Waals surface area contributed by atoms with E-state index in [1.807, 2.05) is 18.2 Å². The van der Waals surface area contributed by atoms with Gasteiger partial charge in [0.05, 0.1) is 30.3 Å². The molecule has 0 aliphatic heterocycles. The summed E-state index contributed by atoms with van der Waals surface area (Å²) >= 11 is 0. The minimum Gasteiger partial charge on any atom is -0.494 e. The minimum absolute atomic E-state index is 0.0545. The van der Waals surface area contributed by atoms with E-state index >= 15 is 0 Å². The van der Waals surface area contributed by atoms with Gasteiger partial charge in [0, 0.05) is 10.9 Å². The number of carbonyl (C=O) groups is 1. The van der Waals surface area contributed by atoms with Crippen molar-refractivity contribution in [2.45, 2.75) is 33.1 Å². The van der Waals surface area contributed by atoms with E-state index in [-0.39, 0.29) is 23.7 Å². The Kier molecular flexibility index (Phi) is 5.63. The molecule has 0 fully saturated rings. The molecule has 1 aromatic heterocycles. The third-order valence-electron chi connectivity index (χ3n) is 4.45. The Balaban J connectivity index is 1.82. The zero-order chi connectivity index (χ0) is 20.3. The average molecular weight is 382 g/mol. The number of nitro groups is 1. The highest BCUT2D eigenvalue weighted by Gasteiger charge is 2.19. The fraction of sp³-hybridized carbons (Fsp3) is 0.286. The van der Waals surface area contributed by atoms with Crippen molar-refractivity contribution >= 4 is 28.3 Å². The fourth-order valence-corrected chi connectivity index (χ4v) is 2.99. The molecule has 1 amide bonds. The monoisotopic (exact) mass is 382 g/mol. The zero-order valence-corrected chi connectivity index (χ0v) is 16.0. The van der Waals surface area contributed by atoms with E-state index < -0.39 is 4.92 Å². The maximum Gasteiger partial charge on any atom is 0.296 e. The van der Waals surface area contributed by atoms with Crippen LogP contribution in [-0.2, 0) is 11.2 Å². The molecule has 0 aliphatic rings. The number of rotatable bonds is 7. The van der Waals surface area contributed by atoms with Crippen molar-refractivity contribution in [3.05, 3.63) is 63.9 Å². The summed E-state index contributed by atoms with van der Waals surface area (Å²) in [4.78, 5) is 23.3. The highest BCUT2D eigenvalue weighted by molar-refractivity contribution is 5.97. The van der Waals surface area contributed by atoms with Crippen LogP contribution in [0.4, 0.5) is 11.4 Å². The zero-order valence-electron chi connectivity index (χ0n) is 16.0. The molecule has 1 heterocycles. The summed E-state index contributed by atoms with van der Waals surface area (Å²) < 4.78 is 10.8. The van der Waals surface area contributed by atoms with Crippen LogP contribution in [-0.4, -0.2) is 17.4 Å². The molecule has 0 spiro atoms. The molecule has 0 radical (unpaired) electrons. The molecule has 0 atom stereocenters. The molecule has 7 heteroatoms. The summed E-state index contributed by atoms with van der Waals surface area (Å²) in [6, 6.07) is 10.3. The summed E-state index contributed by atoms with van der Waals surface area (Å²) in [5, 5.41) is 14.8. The van der Waals surface area contributed by atoms with Gasteiger partial charge in [-0.2, -0.15) is 0 Å². The van der Waals surface area contributed by atoms with Crippen molar-refractivity contribution in [3.63, 3.8) is 0 Å². The lowest BCUT2D eigenvalue weighted by atomic mass is 10.00. The molecule has 0 saturated heterocycles. The summed E-state index contributed by atoms with van der Waals surface area (Å²) in [7, 11) is 0. The SMILES string of the molecule is CCOc1ccc(NC(=O)Cc2coc3ccc(C(C)C)cc23)c([N+](=O)[O-])c1. The summed E-state index contributed by atoms with van der Waals surface area (Å²) in [6.45, 7) is 6.38. The second-order valence-electron chi connectivity index (χ2n) is 6.77. The normalized spacial score (nSPS) is 11.0. The molecule has 0 saturated carbocycles. The van der Waals surface area contributed by atoms with Gasteiger partial charge in [-0.3, -0.25) is 14.9 Å². The lowest BCUT2D eigenvalue weighted by Gasteiger charge is -2.08. The predicted octanol–water partition coefficient (Wildman–Crippen LogP) is 5.04. The van der Waals surface area contributed by atoms with Crippen LogP contribution in [0.25, 0.3) is 11.0 Å². The topological polar surface area (TPSA) is 94.6 Å². The number of furan rings is 1. The second kappa shape index (κ2) is 8.12. The van der Waals surface area contributed by atoms with Gasteiger partial charge in [-0.25, -0.2) is 0 Å². The number of fused-ring (bicyclic) bond motifs is 1. The minimum atomic E-state index is -0.541. The van der Waals surface area contributed by atoms with E-state index in [0.717, 1.165) is 16.5 Å². The quantitative estimate of drug-likeness (QED) is 0.456. The van der Waals surface area contributed by atoms with E-state index in [0.29, 0.717) is 23.9 Å². The Bertz CT molecular complexity index is 1020. The number of anilines is 1. The number of benzene rings is 2. The Morgan fingerprint density at radius 1 is 1.25 bits per heavy atom. The summed E-state index contributed by atoms with van der Waals surface area (Å²) in [6.07, 6.45) is 1.61. The number of hydrogen-bond acceptors (Lipinski definition) is 5. The average Bonchev–Trinajstić information content (AvgIpc) is 3.05. The Labute approximate surface area is 162 Å². The van der Waals surface area contributed by atoms with Crippen molar-refractivity contribution in [3.8, 4) is 5.75 Å². The van der Waals surface area contributed by atoms with Gasteiger partial charge in [0.1, 0.15) is 17.0 Å². The maximum atomic E-state index is 12.5. The molecule has 0 aliphatic carbocycles. The van der Waals surface area contributed by atoms with Crippen molar-refractivity contribution < 1.29 is 18.9 Å². The first-order valence-corrected chi connectivity index (χ1v) is 9.10. The lowest BCUT2D eigenvalue weighted by molar-refractivity contribution is -0.384. The van der Waals surface area contributed by atoms with E-state index in [1.165, 1.54) is 12.1 Å². The van der Waals surface area contributed by atoms with Crippen LogP contribution in [0.1, 0.15) is 37.8 Å². The Morgan fingerprint density at radius 3 is 2.71 bits per heavy atom. The highest BCUT2D eigenvalue weighted by Crippen LogP contribution is 2.30. The molecule has 2 aromatic carbocycles. The first kappa shape index (κ1) is 19.4. The van der Waals surface area contributed by atoms with Gasteiger partial charge in [-0.1, -0.05) is 19.9 Å². The Hall–Kier alpha value is -3.35. The van der Waals surface area contributed by atoms with Gasteiger partial charge in [0.25, 0.3) is 5.69 Å². The number of carbonyl (C=O) groups excluding carboxylic acids is 1. The molecule has 0 unspecified atom stereocenters. The van der Waals surface area contributed by atoms with Gasteiger partial charge < -0.3 is 14.5 Å². The van der Waals surface area contributed by atoms with Crippen molar-refractivity contribution in [1.29, 1.82) is 0 Å². The molecule has 1 N–H and O–H groups in total. The number of ether oxygens (including phenoxy) is 1. The number of hydrogen-bond donors (Lipinski definition) is 1. The largest absolute Gasteiger partial charge is 0.494 e. The molecular weight excluding hydrogens is 360 g/mol. The van der Waals surface area contributed by atoms with Gasteiger partial charge in [-0.05, 0) is 42.7 Å². The first-order chi connectivity index (χ1) is 13.4. The first-order valence-electron chi connectivity index (χ1n) is 9.10. The predicted molar refractivity (Wildman–Crippen MR) is 107 cm³/mol. The van der Waals surface area contributed by atoms with Crippen LogP contribution in [0.2, 0.25) is 0 Å². The van der Waals surface area contributed by atoms with Crippen LogP contribution in [0, 0.1) is 10.1 Å². The Morgan fingerprint density at radius 2 is 2.04 bits per heavy atom. The summed E-state index contributed by atoms with van der Waals surface area (Å²) in [5.41, 5.74) is 2.52. The molecule has 7 nitrogen and oxygen atoms in total. The van der Waals surface area contributed by atoms with E-state index in [2.05, 4.69) is 19.2 Å². The van der Waals surface area contributed by atoms with Gasteiger partial charge in [-0.15, -0.1) is 0 Å². The smallest absolute Gasteiger partial charge is 0.296 e.